The Bertz CT molecular complexity index is 179. The van der Waals surface area contributed by atoms with Crippen LogP contribution in [0.4, 0.5) is 0 Å². The highest BCUT2D eigenvalue weighted by Gasteiger charge is 2.07. The molecule has 0 atom stereocenters. The molecule has 2 N–H and O–H groups in total. The lowest BCUT2D eigenvalue weighted by molar-refractivity contribution is -0.111. The van der Waals surface area contributed by atoms with Crippen LogP contribution in [-0.2, 0) is 4.79 Å². The lowest BCUT2D eigenvalue weighted by Gasteiger charge is -2.03. The molecule has 0 unspecified atom stereocenters. The fourth-order valence-corrected chi connectivity index (χ4v) is 0.825. The maximum absolute atomic E-state index is 10.8. The predicted octanol–water partition coefficient (Wildman–Crippen LogP) is 0.748. The van der Waals surface area contributed by atoms with Gasteiger partial charge in [0.05, 0.1) is 0 Å². The van der Waals surface area contributed by atoms with E-state index in [1.807, 2.05) is 6.08 Å². The number of carbonyl (C=O) groups is 1. The molecule has 0 saturated heterocycles. The molecule has 2 heteroatoms. The number of hydrogen-bond donors (Lipinski definition) is 1. The highest BCUT2D eigenvalue weighted by atomic mass is 16.1. The summed E-state index contributed by atoms with van der Waals surface area (Å²) in [6.45, 7) is 0. The number of nitrogens with two attached hydrogens (primary N) is 1. The Balaban J connectivity index is 2.78. The van der Waals surface area contributed by atoms with Gasteiger partial charge in [0.25, 0.3) is 0 Å². The molecule has 1 rings (SSSR count). The Morgan fingerprint density at radius 3 is 2.89 bits per heavy atom. The van der Waals surface area contributed by atoms with E-state index in [9.17, 15) is 4.79 Å². The monoisotopic (exact) mass is 123 g/mol. The average molecular weight is 123 g/mol. The van der Waals surface area contributed by atoms with Crippen molar-refractivity contribution in [3.05, 3.63) is 23.9 Å². The third-order valence-corrected chi connectivity index (χ3v) is 1.37. The molecule has 0 aromatic rings. The largest absolute Gasteiger partial charge is 0.404 e. The van der Waals surface area contributed by atoms with E-state index in [2.05, 4.69) is 0 Å². The SMILES string of the molecule is NC=C1CCC=CC1=O. The Morgan fingerprint density at radius 1 is 1.67 bits per heavy atom. The van der Waals surface area contributed by atoms with Gasteiger partial charge in [-0.3, -0.25) is 4.79 Å². The van der Waals surface area contributed by atoms with E-state index in [1.165, 1.54) is 6.20 Å². The van der Waals surface area contributed by atoms with Crippen molar-refractivity contribution in [3.63, 3.8) is 0 Å². The second-order valence-electron chi connectivity index (χ2n) is 2.00. The number of carbonyl (C=O) groups excluding carboxylic acids is 1. The van der Waals surface area contributed by atoms with E-state index in [0.29, 0.717) is 0 Å². The summed E-state index contributed by atoms with van der Waals surface area (Å²) in [5.74, 6) is 0.0590. The van der Waals surface area contributed by atoms with Crippen LogP contribution >= 0.6 is 0 Å². The number of ketones is 1. The van der Waals surface area contributed by atoms with Crippen LogP contribution in [0.3, 0.4) is 0 Å². The Kier molecular flexibility index (Phi) is 1.68. The van der Waals surface area contributed by atoms with Crippen molar-refractivity contribution in [2.75, 3.05) is 0 Å². The smallest absolute Gasteiger partial charge is 0.182 e. The van der Waals surface area contributed by atoms with Crippen LogP contribution in [0, 0.1) is 0 Å². The molecule has 0 amide bonds. The van der Waals surface area contributed by atoms with Crippen molar-refractivity contribution in [2.45, 2.75) is 12.8 Å². The van der Waals surface area contributed by atoms with Crippen molar-refractivity contribution >= 4 is 5.78 Å². The van der Waals surface area contributed by atoms with Gasteiger partial charge in [0.15, 0.2) is 5.78 Å². The van der Waals surface area contributed by atoms with Crippen LogP contribution in [0.25, 0.3) is 0 Å². The van der Waals surface area contributed by atoms with Gasteiger partial charge in [-0.2, -0.15) is 0 Å². The zero-order valence-electron chi connectivity index (χ0n) is 5.13. The van der Waals surface area contributed by atoms with E-state index in [1.54, 1.807) is 6.08 Å². The molecule has 0 aromatic heterocycles. The molecular weight excluding hydrogens is 114 g/mol. The van der Waals surface area contributed by atoms with Crippen molar-refractivity contribution < 1.29 is 4.79 Å². The Hall–Kier alpha value is -1.05. The lowest BCUT2D eigenvalue weighted by Crippen LogP contribution is -2.04. The highest BCUT2D eigenvalue weighted by molar-refractivity contribution is 6.04. The fraction of sp³-hybridized carbons (Fsp3) is 0.286. The van der Waals surface area contributed by atoms with Crippen molar-refractivity contribution in [3.8, 4) is 0 Å². The molecule has 0 fully saturated rings. The topological polar surface area (TPSA) is 43.1 Å². The summed E-state index contributed by atoms with van der Waals surface area (Å²) in [6, 6.07) is 0. The van der Waals surface area contributed by atoms with Crippen molar-refractivity contribution in [2.24, 2.45) is 5.73 Å². The standard InChI is InChI=1S/C7H9NO/c8-5-6-3-1-2-4-7(6)9/h2,4-5H,1,3,8H2. The fourth-order valence-electron chi connectivity index (χ4n) is 0.825. The summed E-state index contributed by atoms with van der Waals surface area (Å²) < 4.78 is 0. The zero-order chi connectivity index (χ0) is 6.69. The van der Waals surface area contributed by atoms with Gasteiger partial charge in [-0.1, -0.05) is 6.08 Å². The van der Waals surface area contributed by atoms with Crippen LogP contribution in [0.2, 0.25) is 0 Å². The molecule has 0 radical (unpaired) electrons. The van der Waals surface area contributed by atoms with Gasteiger partial charge in [0.2, 0.25) is 0 Å². The number of allylic oxidation sites excluding steroid dienone is 3. The lowest BCUT2D eigenvalue weighted by atomic mass is 10.0. The average Bonchev–Trinajstić information content (AvgIpc) is 1.89. The first kappa shape index (κ1) is 6.08. The molecule has 0 bridgehead atoms. The van der Waals surface area contributed by atoms with Crippen LogP contribution in [0.1, 0.15) is 12.8 Å². The maximum atomic E-state index is 10.8. The molecular formula is C7H9NO. The molecule has 0 saturated carbocycles. The Morgan fingerprint density at radius 2 is 2.44 bits per heavy atom. The van der Waals surface area contributed by atoms with Crippen LogP contribution in [0.5, 0.6) is 0 Å². The molecule has 2 nitrogen and oxygen atoms in total. The van der Waals surface area contributed by atoms with Crippen molar-refractivity contribution in [1.82, 2.24) is 0 Å². The van der Waals surface area contributed by atoms with Crippen LogP contribution in [0.15, 0.2) is 23.9 Å². The van der Waals surface area contributed by atoms with Gasteiger partial charge in [0, 0.05) is 11.8 Å². The van der Waals surface area contributed by atoms with Gasteiger partial charge in [0.1, 0.15) is 0 Å². The van der Waals surface area contributed by atoms with E-state index >= 15 is 0 Å². The molecule has 1 aliphatic rings. The minimum Gasteiger partial charge on any atom is -0.404 e. The number of hydrogen-bond acceptors (Lipinski definition) is 2. The van der Waals surface area contributed by atoms with Gasteiger partial charge in [-0.25, -0.2) is 0 Å². The summed E-state index contributed by atoms with van der Waals surface area (Å²) in [4.78, 5) is 10.8. The van der Waals surface area contributed by atoms with E-state index in [0.717, 1.165) is 18.4 Å². The molecule has 0 heterocycles. The third kappa shape index (κ3) is 1.19. The summed E-state index contributed by atoms with van der Waals surface area (Å²) in [5, 5.41) is 0. The Labute approximate surface area is 54.0 Å². The quantitative estimate of drug-likeness (QED) is 0.483. The van der Waals surface area contributed by atoms with Crippen LogP contribution < -0.4 is 5.73 Å². The van der Waals surface area contributed by atoms with Gasteiger partial charge in [-0.15, -0.1) is 0 Å². The second kappa shape index (κ2) is 2.49. The van der Waals surface area contributed by atoms with E-state index in [4.69, 9.17) is 5.73 Å². The van der Waals surface area contributed by atoms with E-state index < -0.39 is 0 Å². The van der Waals surface area contributed by atoms with Crippen molar-refractivity contribution in [1.29, 1.82) is 0 Å². The summed E-state index contributed by atoms with van der Waals surface area (Å²) in [7, 11) is 0. The van der Waals surface area contributed by atoms with E-state index in [-0.39, 0.29) is 5.78 Å². The third-order valence-electron chi connectivity index (χ3n) is 1.37. The van der Waals surface area contributed by atoms with Gasteiger partial charge in [-0.05, 0) is 18.9 Å². The zero-order valence-corrected chi connectivity index (χ0v) is 5.13. The summed E-state index contributed by atoms with van der Waals surface area (Å²) in [6.07, 6.45) is 6.57. The molecule has 0 spiro atoms. The second-order valence-corrected chi connectivity index (χ2v) is 2.00. The minimum absolute atomic E-state index is 0.0590. The first-order valence-corrected chi connectivity index (χ1v) is 2.96. The minimum atomic E-state index is 0.0590. The highest BCUT2D eigenvalue weighted by Crippen LogP contribution is 2.11. The normalized spacial score (nSPS) is 23.1. The predicted molar refractivity (Wildman–Crippen MR) is 35.7 cm³/mol. The molecule has 48 valence electrons. The van der Waals surface area contributed by atoms with Crippen LogP contribution in [-0.4, -0.2) is 5.78 Å². The first-order valence-electron chi connectivity index (χ1n) is 2.96. The van der Waals surface area contributed by atoms with Gasteiger partial charge >= 0.3 is 0 Å². The molecule has 0 aliphatic heterocycles. The van der Waals surface area contributed by atoms with Gasteiger partial charge < -0.3 is 5.73 Å². The summed E-state index contributed by atoms with van der Waals surface area (Å²) >= 11 is 0. The molecule has 9 heavy (non-hydrogen) atoms. The maximum Gasteiger partial charge on any atom is 0.182 e. The first-order chi connectivity index (χ1) is 4.34. The summed E-state index contributed by atoms with van der Waals surface area (Å²) in [5.41, 5.74) is 5.91. The number of rotatable bonds is 0. The molecule has 1 aliphatic carbocycles. The molecule has 0 aromatic carbocycles.